The van der Waals surface area contributed by atoms with Crippen molar-refractivity contribution in [1.82, 2.24) is 29.6 Å². The Bertz CT molecular complexity index is 2770. The smallest absolute Gasteiger partial charge is 0.329 e. The molecule has 0 radical (unpaired) electrons. The van der Waals surface area contributed by atoms with Crippen LogP contribution in [0.2, 0.25) is 0 Å². The molecule has 0 unspecified atom stereocenters. The number of ether oxygens (including phenoxy) is 6. The summed E-state index contributed by atoms with van der Waals surface area (Å²) in [7, 11) is 5.57. The third kappa shape index (κ3) is 20.1. The van der Waals surface area contributed by atoms with Gasteiger partial charge in [-0.2, -0.15) is 0 Å². The summed E-state index contributed by atoms with van der Waals surface area (Å²) in [5.74, 6) is -6.53. The van der Waals surface area contributed by atoms with Crippen LogP contribution in [-0.2, 0) is 83.0 Å². The van der Waals surface area contributed by atoms with E-state index in [2.05, 4.69) is 9.97 Å². The Labute approximate surface area is 520 Å². The number of aromatic nitrogens is 2. The van der Waals surface area contributed by atoms with E-state index in [4.69, 9.17) is 28.4 Å². The zero-order valence-corrected chi connectivity index (χ0v) is 54.5. The summed E-state index contributed by atoms with van der Waals surface area (Å²) in [6.45, 7) is 22.2. The third-order valence-electron chi connectivity index (χ3n) is 15.4. The zero-order chi connectivity index (χ0) is 65.1. The highest BCUT2D eigenvalue weighted by atomic mass is 16.6. The minimum atomic E-state index is -1.56. The first-order valence-corrected chi connectivity index (χ1v) is 30.8. The van der Waals surface area contributed by atoms with Crippen LogP contribution in [0.15, 0.2) is 85.2 Å². The first-order valence-electron chi connectivity index (χ1n) is 30.8. The summed E-state index contributed by atoms with van der Waals surface area (Å²) >= 11 is 0. The van der Waals surface area contributed by atoms with Gasteiger partial charge in [0.1, 0.15) is 24.2 Å². The molecule has 4 amide bonds. The number of nitrogens with zero attached hydrogens (tertiary/aromatic N) is 6. The average molecular weight is 1220 g/mol. The van der Waals surface area contributed by atoms with E-state index in [1.54, 1.807) is 12.4 Å². The molecular formula is C68H94N6O14. The van der Waals surface area contributed by atoms with Crippen LogP contribution in [0, 0.1) is 23.7 Å². The number of hydrogen-bond acceptors (Lipinski definition) is 16. The molecular weight excluding hydrogens is 1120 g/mol. The summed E-state index contributed by atoms with van der Waals surface area (Å²) in [4.78, 5) is 132. The molecule has 8 atom stereocenters. The molecule has 3 heterocycles. The monoisotopic (exact) mass is 1220 g/mol. The number of esters is 4. The summed E-state index contributed by atoms with van der Waals surface area (Å²) < 4.78 is 35.9. The lowest BCUT2D eigenvalue weighted by atomic mass is 9.99. The van der Waals surface area contributed by atoms with Gasteiger partial charge in [-0.25, -0.2) is 29.1 Å². The number of likely N-dealkylation sites (N-methyl/N-ethyl adjacent to an activating group) is 4. The number of carbonyl (C=O) groups is 8. The summed E-state index contributed by atoms with van der Waals surface area (Å²) in [6, 6.07) is 17.1. The fraction of sp³-hybridized carbons (Fsp3) is 0.559. The van der Waals surface area contributed by atoms with E-state index in [0.717, 1.165) is 41.9 Å². The number of carbonyl (C=O) groups excluding carboxylic acids is 8. The number of amides is 4. The number of rotatable bonds is 20. The SMILES string of the molecule is CCOc1ncccc1Cc1ccc(C[C@H]2OC(=O)[C@H](CC(C)C)N(C)C(=O)[C@@H](C)OC(=O)[C@H](CC(C)C)N(C)C(=O)[C@@H](Cc3ccc(Cc4cccnc4OCC)cc3)OC(=O)[C@H](CC(C)C)N(C)C(=O)[C@@H](C)OC(=O)[C@H](CC(C)C)N(C)C2=O)cc1. The maximum absolute atomic E-state index is 15.1. The van der Waals surface area contributed by atoms with Crippen LogP contribution < -0.4 is 9.47 Å². The molecule has 5 rings (SSSR count). The highest BCUT2D eigenvalue weighted by Gasteiger charge is 2.43. The van der Waals surface area contributed by atoms with Crippen LogP contribution in [0.1, 0.15) is 142 Å². The minimum Gasteiger partial charge on any atom is -0.478 e. The van der Waals surface area contributed by atoms with Gasteiger partial charge < -0.3 is 48.0 Å². The van der Waals surface area contributed by atoms with Crippen molar-refractivity contribution in [3.05, 3.63) is 119 Å². The quantitative estimate of drug-likeness (QED) is 0.0597. The Morgan fingerprint density at radius 2 is 0.682 bits per heavy atom. The molecule has 480 valence electrons. The predicted molar refractivity (Wildman–Crippen MR) is 332 cm³/mol. The number of hydrogen-bond donors (Lipinski definition) is 0. The summed E-state index contributed by atoms with van der Waals surface area (Å²) in [5, 5.41) is 0. The van der Waals surface area contributed by atoms with E-state index in [0.29, 0.717) is 48.9 Å². The van der Waals surface area contributed by atoms with E-state index in [1.165, 1.54) is 42.0 Å². The van der Waals surface area contributed by atoms with Gasteiger partial charge in [0, 0.05) is 77.4 Å². The van der Waals surface area contributed by atoms with Crippen LogP contribution in [0.5, 0.6) is 11.8 Å². The second-order valence-electron chi connectivity index (χ2n) is 24.6. The molecule has 20 heteroatoms. The van der Waals surface area contributed by atoms with Crippen molar-refractivity contribution in [3.8, 4) is 11.8 Å². The molecule has 0 aliphatic carbocycles. The van der Waals surface area contributed by atoms with Crippen molar-refractivity contribution >= 4 is 47.5 Å². The van der Waals surface area contributed by atoms with Gasteiger partial charge in [0.15, 0.2) is 24.4 Å². The van der Waals surface area contributed by atoms with Gasteiger partial charge >= 0.3 is 23.9 Å². The lowest BCUT2D eigenvalue weighted by Gasteiger charge is -2.35. The summed E-state index contributed by atoms with van der Waals surface area (Å²) in [6.07, 6.45) is -1.83. The predicted octanol–water partition coefficient (Wildman–Crippen LogP) is 8.43. The average Bonchev–Trinajstić information content (AvgIpc) is 3.68. The van der Waals surface area contributed by atoms with Gasteiger partial charge in [-0.3, -0.25) is 19.2 Å². The Morgan fingerprint density at radius 3 is 0.966 bits per heavy atom. The molecule has 20 nitrogen and oxygen atoms in total. The molecule has 2 aromatic heterocycles. The van der Waals surface area contributed by atoms with Crippen molar-refractivity contribution in [3.63, 3.8) is 0 Å². The molecule has 0 bridgehead atoms. The lowest BCUT2D eigenvalue weighted by Crippen LogP contribution is -2.55. The molecule has 1 saturated heterocycles. The molecule has 0 saturated carbocycles. The van der Waals surface area contributed by atoms with Gasteiger partial charge in [-0.15, -0.1) is 0 Å². The third-order valence-corrected chi connectivity index (χ3v) is 15.4. The van der Waals surface area contributed by atoms with Crippen LogP contribution in [-0.4, -0.2) is 167 Å². The summed E-state index contributed by atoms with van der Waals surface area (Å²) in [5.41, 5.74) is 4.76. The lowest BCUT2D eigenvalue weighted by molar-refractivity contribution is -0.176. The maximum atomic E-state index is 15.1. The normalized spacial score (nSPS) is 22.0. The van der Waals surface area contributed by atoms with Crippen molar-refractivity contribution in [2.24, 2.45) is 23.7 Å². The second kappa shape index (κ2) is 33.4. The van der Waals surface area contributed by atoms with Gasteiger partial charge in [0.2, 0.25) is 11.8 Å². The number of benzene rings is 2. The van der Waals surface area contributed by atoms with Crippen LogP contribution in [0.25, 0.3) is 0 Å². The van der Waals surface area contributed by atoms with Crippen LogP contribution in [0.4, 0.5) is 0 Å². The van der Waals surface area contributed by atoms with E-state index >= 15 is 9.59 Å². The molecule has 1 fully saturated rings. The van der Waals surface area contributed by atoms with Gasteiger partial charge in [-0.05, 0) is 111 Å². The van der Waals surface area contributed by atoms with Gasteiger partial charge in [-0.1, -0.05) is 116 Å². The topological polar surface area (TPSA) is 231 Å². The minimum absolute atomic E-state index is 0.0708. The molecule has 1 aliphatic rings. The van der Waals surface area contributed by atoms with E-state index in [-0.39, 0.29) is 62.2 Å². The first-order chi connectivity index (χ1) is 41.6. The first kappa shape index (κ1) is 70.9. The highest BCUT2D eigenvalue weighted by Crippen LogP contribution is 2.27. The van der Waals surface area contributed by atoms with Crippen LogP contribution >= 0.6 is 0 Å². The fourth-order valence-corrected chi connectivity index (χ4v) is 10.6. The van der Waals surface area contributed by atoms with Crippen molar-refractivity contribution < 1.29 is 66.8 Å². The standard InChI is InChI=1S/C68H94N6O14/c1-17-83-59-51(21-19-31-69-59)37-47-23-27-49(28-24-47)39-57-63(77)73(15)53(33-41(3)4)65(79)85-46(12)62(76)72(14)56(36-44(9)10)68(82)88-58(40-50-29-25-48(26-30-50)38-52-22-20-32-70-60(52)84-18-2)64(78)74(16)54(34-42(5)6)66(80)86-45(11)61(75)71(13)55(35-43(7)8)67(81)87-57/h19-32,41-46,53-58H,17-18,33-40H2,1-16H3/t45-,46-,53+,54+,55+,56+,57-,58-/m1/s1. The van der Waals surface area contributed by atoms with Gasteiger partial charge in [0.05, 0.1) is 13.2 Å². The van der Waals surface area contributed by atoms with E-state index in [9.17, 15) is 28.8 Å². The molecule has 2 aromatic carbocycles. The molecule has 4 aromatic rings. The largest absolute Gasteiger partial charge is 0.478 e. The maximum Gasteiger partial charge on any atom is 0.329 e. The fourth-order valence-electron chi connectivity index (χ4n) is 10.6. The number of pyridine rings is 2. The van der Waals surface area contributed by atoms with Crippen LogP contribution in [0.3, 0.4) is 0 Å². The Hall–Kier alpha value is -7.90. The number of cyclic esters (lactones) is 4. The Kier molecular flexibility index (Phi) is 26.9. The molecule has 88 heavy (non-hydrogen) atoms. The zero-order valence-electron chi connectivity index (χ0n) is 54.5. The Balaban J connectivity index is 1.59. The highest BCUT2D eigenvalue weighted by molar-refractivity contribution is 5.94. The molecule has 0 N–H and O–H groups in total. The van der Waals surface area contributed by atoms with E-state index < -0.39 is 96.1 Å². The van der Waals surface area contributed by atoms with Crippen molar-refractivity contribution in [2.75, 3.05) is 41.4 Å². The second-order valence-corrected chi connectivity index (χ2v) is 24.6. The Morgan fingerprint density at radius 1 is 0.409 bits per heavy atom. The van der Waals surface area contributed by atoms with Gasteiger partial charge in [0.25, 0.3) is 23.6 Å². The van der Waals surface area contributed by atoms with E-state index in [1.807, 2.05) is 142 Å². The van der Waals surface area contributed by atoms with Crippen molar-refractivity contribution in [1.29, 1.82) is 0 Å². The molecule has 1 aliphatic heterocycles. The molecule has 0 spiro atoms. The van der Waals surface area contributed by atoms with Crippen molar-refractivity contribution in [2.45, 2.75) is 183 Å².